The Balaban J connectivity index is 1.48. The van der Waals surface area contributed by atoms with Crippen molar-refractivity contribution in [3.05, 3.63) is 60.2 Å². The molecule has 7 nitrogen and oxygen atoms in total. The van der Waals surface area contributed by atoms with Crippen LogP contribution in [0, 0.1) is 0 Å². The molecule has 0 radical (unpaired) electrons. The Kier molecular flexibility index (Phi) is 7.27. The normalized spacial score (nSPS) is 14.7. The Morgan fingerprint density at radius 1 is 1.13 bits per heavy atom. The first kappa shape index (κ1) is 21.5. The van der Waals surface area contributed by atoms with Crippen LogP contribution in [-0.2, 0) is 29.0 Å². The molecule has 0 aliphatic carbocycles. The summed E-state index contributed by atoms with van der Waals surface area (Å²) in [6, 6.07) is 12.0. The summed E-state index contributed by atoms with van der Waals surface area (Å²) < 4.78 is 7.51. The van der Waals surface area contributed by atoms with Gasteiger partial charge in [0.25, 0.3) is 0 Å². The van der Waals surface area contributed by atoms with Gasteiger partial charge < -0.3 is 14.2 Å². The van der Waals surface area contributed by atoms with Gasteiger partial charge in [0.2, 0.25) is 5.91 Å². The molecule has 1 fully saturated rings. The van der Waals surface area contributed by atoms with Crippen molar-refractivity contribution in [1.29, 1.82) is 0 Å². The number of fused-ring (bicyclic) bond motifs is 1. The maximum absolute atomic E-state index is 13.4. The number of carbonyl (C=O) groups excluding carboxylic acids is 1. The molecule has 31 heavy (non-hydrogen) atoms. The van der Waals surface area contributed by atoms with Crippen molar-refractivity contribution in [2.75, 3.05) is 39.4 Å². The van der Waals surface area contributed by atoms with Gasteiger partial charge in [-0.15, -0.1) is 0 Å². The van der Waals surface area contributed by atoms with Crippen molar-refractivity contribution < 1.29 is 9.53 Å². The zero-order valence-corrected chi connectivity index (χ0v) is 18.2. The summed E-state index contributed by atoms with van der Waals surface area (Å²) in [5, 5.41) is 0. The van der Waals surface area contributed by atoms with Crippen LogP contribution in [0.2, 0.25) is 0 Å². The number of para-hydroxylation sites is 2. The van der Waals surface area contributed by atoms with Crippen molar-refractivity contribution in [2.24, 2.45) is 0 Å². The molecule has 2 aromatic heterocycles. The highest BCUT2D eigenvalue weighted by Gasteiger charge is 2.19. The molecular formula is C24H31N5O2. The van der Waals surface area contributed by atoms with Gasteiger partial charge in [-0.1, -0.05) is 19.1 Å². The lowest BCUT2D eigenvalue weighted by molar-refractivity contribution is -0.132. The summed E-state index contributed by atoms with van der Waals surface area (Å²) in [7, 11) is 0. The van der Waals surface area contributed by atoms with E-state index in [2.05, 4.69) is 21.4 Å². The Morgan fingerprint density at radius 2 is 1.90 bits per heavy atom. The number of rotatable bonds is 9. The number of carbonyl (C=O) groups is 1. The van der Waals surface area contributed by atoms with Crippen LogP contribution in [0.25, 0.3) is 11.0 Å². The van der Waals surface area contributed by atoms with Gasteiger partial charge in [0.15, 0.2) is 0 Å². The van der Waals surface area contributed by atoms with Crippen molar-refractivity contribution in [3.8, 4) is 0 Å². The van der Waals surface area contributed by atoms with Crippen LogP contribution in [0.15, 0.2) is 48.8 Å². The third kappa shape index (κ3) is 5.48. The van der Waals surface area contributed by atoms with E-state index in [1.165, 1.54) is 0 Å². The van der Waals surface area contributed by atoms with E-state index < -0.39 is 0 Å². The van der Waals surface area contributed by atoms with Crippen LogP contribution in [-0.4, -0.2) is 69.6 Å². The van der Waals surface area contributed by atoms with Gasteiger partial charge in [0, 0.05) is 51.5 Å². The van der Waals surface area contributed by atoms with E-state index >= 15 is 0 Å². The molecule has 0 bridgehead atoms. The molecule has 1 saturated heterocycles. The molecule has 1 amide bonds. The zero-order valence-electron chi connectivity index (χ0n) is 18.2. The second-order valence-corrected chi connectivity index (χ2v) is 7.93. The topological polar surface area (TPSA) is 63.5 Å². The van der Waals surface area contributed by atoms with Gasteiger partial charge in [-0.3, -0.25) is 14.7 Å². The SMILES string of the molecule is CCc1nc2ccccc2n1CC(=O)N(CCCN1CCOCC1)Cc1ccncc1. The van der Waals surface area contributed by atoms with E-state index in [0.717, 1.165) is 74.7 Å². The van der Waals surface area contributed by atoms with E-state index in [1.54, 1.807) is 12.4 Å². The largest absolute Gasteiger partial charge is 0.379 e. The van der Waals surface area contributed by atoms with Gasteiger partial charge in [0.05, 0.1) is 24.2 Å². The minimum Gasteiger partial charge on any atom is -0.379 e. The Hall–Kier alpha value is -2.77. The summed E-state index contributed by atoms with van der Waals surface area (Å²) in [5.41, 5.74) is 3.06. The highest BCUT2D eigenvalue weighted by Crippen LogP contribution is 2.17. The highest BCUT2D eigenvalue weighted by atomic mass is 16.5. The molecule has 0 atom stereocenters. The van der Waals surface area contributed by atoms with Gasteiger partial charge in [0.1, 0.15) is 12.4 Å². The average molecular weight is 422 g/mol. The Morgan fingerprint density at radius 3 is 2.68 bits per heavy atom. The number of nitrogens with zero attached hydrogens (tertiary/aromatic N) is 5. The number of hydrogen-bond acceptors (Lipinski definition) is 5. The Labute approximate surface area is 183 Å². The molecule has 1 aromatic carbocycles. The minimum atomic E-state index is 0.122. The van der Waals surface area contributed by atoms with Crippen molar-refractivity contribution in [1.82, 2.24) is 24.3 Å². The van der Waals surface area contributed by atoms with Crippen LogP contribution in [0.1, 0.15) is 24.7 Å². The first-order chi connectivity index (χ1) is 15.2. The monoisotopic (exact) mass is 421 g/mol. The molecule has 0 spiro atoms. The predicted octanol–water partition coefficient (Wildman–Crippen LogP) is 2.74. The van der Waals surface area contributed by atoms with Crippen LogP contribution in [0.3, 0.4) is 0 Å². The van der Waals surface area contributed by atoms with Gasteiger partial charge in [-0.2, -0.15) is 0 Å². The van der Waals surface area contributed by atoms with Crippen LogP contribution in [0.5, 0.6) is 0 Å². The third-order valence-corrected chi connectivity index (χ3v) is 5.82. The lowest BCUT2D eigenvalue weighted by Gasteiger charge is -2.28. The molecule has 3 aromatic rings. The molecule has 164 valence electrons. The number of benzene rings is 1. The highest BCUT2D eigenvalue weighted by molar-refractivity contribution is 5.81. The minimum absolute atomic E-state index is 0.122. The molecule has 0 saturated carbocycles. The molecular weight excluding hydrogens is 390 g/mol. The van der Waals surface area contributed by atoms with Crippen LogP contribution >= 0.6 is 0 Å². The lowest BCUT2D eigenvalue weighted by Crippen LogP contribution is -2.39. The maximum Gasteiger partial charge on any atom is 0.242 e. The fraction of sp³-hybridized carbons (Fsp3) is 0.458. The number of ether oxygens (including phenoxy) is 1. The molecule has 4 rings (SSSR count). The molecule has 1 aliphatic rings. The number of morpholine rings is 1. The molecule has 0 unspecified atom stereocenters. The third-order valence-electron chi connectivity index (χ3n) is 5.82. The van der Waals surface area contributed by atoms with Gasteiger partial charge in [-0.25, -0.2) is 4.98 Å². The molecule has 7 heteroatoms. The number of amides is 1. The standard InChI is InChI=1S/C24H31N5O2/c1-2-23-26-21-6-3-4-7-22(21)29(23)19-24(30)28(18-20-8-10-25-11-9-20)13-5-12-27-14-16-31-17-15-27/h3-4,6-11H,2,5,12-19H2,1H3. The average Bonchev–Trinajstić information content (AvgIpc) is 3.17. The fourth-order valence-corrected chi connectivity index (χ4v) is 4.12. The lowest BCUT2D eigenvalue weighted by atomic mass is 10.2. The number of imidazole rings is 1. The van der Waals surface area contributed by atoms with E-state index in [9.17, 15) is 4.79 Å². The van der Waals surface area contributed by atoms with E-state index in [1.807, 2.05) is 41.3 Å². The summed E-state index contributed by atoms with van der Waals surface area (Å²) in [4.78, 5) is 26.6. The van der Waals surface area contributed by atoms with E-state index in [0.29, 0.717) is 13.1 Å². The van der Waals surface area contributed by atoms with Crippen LogP contribution in [0.4, 0.5) is 0 Å². The van der Waals surface area contributed by atoms with E-state index in [-0.39, 0.29) is 5.91 Å². The fourth-order valence-electron chi connectivity index (χ4n) is 4.12. The summed E-state index contributed by atoms with van der Waals surface area (Å²) in [5.74, 6) is 1.07. The second kappa shape index (κ2) is 10.5. The van der Waals surface area contributed by atoms with E-state index in [4.69, 9.17) is 9.72 Å². The zero-order chi connectivity index (χ0) is 21.5. The first-order valence-electron chi connectivity index (χ1n) is 11.2. The molecule has 3 heterocycles. The summed E-state index contributed by atoms with van der Waals surface area (Å²) in [6.07, 6.45) is 5.31. The molecule has 1 aliphatic heterocycles. The quantitative estimate of drug-likeness (QED) is 0.532. The number of hydrogen-bond donors (Lipinski definition) is 0. The first-order valence-corrected chi connectivity index (χ1v) is 11.2. The van der Waals surface area contributed by atoms with Gasteiger partial charge >= 0.3 is 0 Å². The van der Waals surface area contributed by atoms with Crippen molar-refractivity contribution in [2.45, 2.75) is 32.9 Å². The van der Waals surface area contributed by atoms with Crippen LogP contribution < -0.4 is 0 Å². The Bertz CT molecular complexity index is 982. The predicted molar refractivity (Wildman–Crippen MR) is 121 cm³/mol. The van der Waals surface area contributed by atoms with Crippen molar-refractivity contribution in [3.63, 3.8) is 0 Å². The smallest absolute Gasteiger partial charge is 0.242 e. The summed E-state index contributed by atoms with van der Waals surface area (Å²) >= 11 is 0. The molecule has 0 N–H and O–H groups in total. The number of aryl methyl sites for hydroxylation is 1. The summed E-state index contributed by atoms with van der Waals surface area (Å²) in [6.45, 7) is 8.24. The van der Waals surface area contributed by atoms with Crippen molar-refractivity contribution >= 4 is 16.9 Å². The second-order valence-electron chi connectivity index (χ2n) is 7.93. The maximum atomic E-state index is 13.4. The number of pyridine rings is 1. The van der Waals surface area contributed by atoms with Gasteiger partial charge in [-0.05, 0) is 36.2 Å². The number of aromatic nitrogens is 3.